The average molecular weight is 684 g/mol. The Balaban J connectivity index is 1.86. The Labute approximate surface area is 272 Å². The zero-order chi connectivity index (χ0) is 34.4. The van der Waals surface area contributed by atoms with Gasteiger partial charge in [-0.15, -0.1) is 0 Å². The van der Waals surface area contributed by atoms with Gasteiger partial charge in [0.25, 0.3) is 0 Å². The second-order valence-corrected chi connectivity index (χ2v) is 13.7. The van der Waals surface area contributed by atoms with E-state index in [1.165, 1.54) is 38.5 Å². The minimum atomic E-state index is -4.21. The number of methoxy groups -OCH3 is 2. The van der Waals surface area contributed by atoms with Gasteiger partial charge in [0.15, 0.2) is 23.1 Å². The smallest absolute Gasteiger partial charge is 0.232 e. The van der Waals surface area contributed by atoms with Crippen molar-refractivity contribution in [3.63, 3.8) is 0 Å². The Morgan fingerprint density at radius 1 is 0.702 bits per heavy atom. The number of carbonyl (C=O) groups excluding carboxylic acids is 2. The van der Waals surface area contributed by atoms with E-state index < -0.39 is 38.2 Å². The molecule has 0 aliphatic carbocycles. The van der Waals surface area contributed by atoms with Crippen LogP contribution in [0.2, 0.25) is 0 Å². The van der Waals surface area contributed by atoms with Crippen molar-refractivity contribution in [3.05, 3.63) is 96.1 Å². The zero-order valence-corrected chi connectivity index (χ0v) is 27.6. The van der Waals surface area contributed by atoms with E-state index in [4.69, 9.17) is 24.7 Å². The molecule has 0 radical (unpaired) electrons. The van der Waals surface area contributed by atoms with Crippen LogP contribution in [0.5, 0.6) is 34.5 Å². The Morgan fingerprint density at radius 3 is 1.68 bits per heavy atom. The Kier molecular flexibility index (Phi) is 10.7. The molecular weight excluding hydrogens is 650 g/mol. The number of nitrogens with one attached hydrogen (secondary N) is 1. The molecule has 0 spiro atoms. The summed E-state index contributed by atoms with van der Waals surface area (Å²) < 4.78 is 76.8. The zero-order valence-electron chi connectivity index (χ0n) is 25.9. The Hall–Kier alpha value is -5.12. The van der Waals surface area contributed by atoms with Crippen molar-refractivity contribution >= 4 is 43.0 Å². The number of nitrogens with two attached hydrogens (primary N) is 1. The van der Waals surface area contributed by atoms with Gasteiger partial charge in [0.05, 0.1) is 62.3 Å². The van der Waals surface area contributed by atoms with E-state index in [1.807, 2.05) is 0 Å². The molecule has 0 aliphatic rings. The summed E-state index contributed by atoms with van der Waals surface area (Å²) in [5, 5.41) is 0. The fourth-order valence-electron chi connectivity index (χ4n) is 4.46. The van der Waals surface area contributed by atoms with Gasteiger partial charge in [-0.2, -0.15) is 0 Å². The van der Waals surface area contributed by atoms with Crippen molar-refractivity contribution < 1.29 is 45.4 Å². The Morgan fingerprint density at radius 2 is 1.19 bits per heavy atom. The van der Waals surface area contributed by atoms with Crippen molar-refractivity contribution in [2.24, 2.45) is 5.73 Å². The number of Topliss-reactive ketones (excluding diaryl/α,β-unsaturated/α-hetero) is 2. The van der Waals surface area contributed by atoms with Crippen molar-refractivity contribution in [1.29, 1.82) is 0 Å². The van der Waals surface area contributed by atoms with E-state index in [1.54, 1.807) is 60.7 Å². The van der Waals surface area contributed by atoms with Gasteiger partial charge in [-0.1, -0.05) is 36.4 Å². The van der Waals surface area contributed by atoms with E-state index in [0.717, 1.165) is 16.8 Å². The van der Waals surface area contributed by atoms with E-state index in [0.29, 0.717) is 11.5 Å². The predicted molar refractivity (Wildman–Crippen MR) is 177 cm³/mol. The van der Waals surface area contributed by atoms with Crippen molar-refractivity contribution in [2.75, 3.05) is 48.8 Å². The van der Waals surface area contributed by atoms with Gasteiger partial charge in [0.1, 0.15) is 23.0 Å². The molecule has 4 rings (SSSR count). The molecule has 4 aromatic carbocycles. The second-order valence-electron chi connectivity index (χ2n) is 10.1. The number of ketones is 2. The standard InChI is InChI=1S/C32H33N3O10S2/c1-42-29-17-25(34-46(3,38)39)31(44-21-11-7-5-8-12-21)15-24(29)28(37)20-35(47(4,40)41)26-18-30(43-2)23(27(36)19-33)16-32(26)45-22-13-9-6-10-14-22/h5-18,34H,19-20,33H2,1-4H3. The molecule has 0 amide bonds. The first kappa shape index (κ1) is 34.7. The molecule has 0 atom stereocenters. The third-order valence-corrected chi connectivity index (χ3v) is 8.28. The highest BCUT2D eigenvalue weighted by Crippen LogP contribution is 2.41. The van der Waals surface area contributed by atoms with E-state index in [2.05, 4.69) is 4.72 Å². The number of nitrogens with zero attached hydrogens (tertiary/aromatic N) is 1. The van der Waals surface area contributed by atoms with Crippen LogP contribution in [0.25, 0.3) is 0 Å². The number of anilines is 2. The predicted octanol–water partition coefficient (Wildman–Crippen LogP) is 4.45. The number of carbonyl (C=O) groups is 2. The summed E-state index contributed by atoms with van der Waals surface area (Å²) in [5.74, 6) is -0.748. The molecule has 248 valence electrons. The molecule has 47 heavy (non-hydrogen) atoms. The van der Waals surface area contributed by atoms with Gasteiger partial charge < -0.3 is 24.7 Å². The highest BCUT2D eigenvalue weighted by Gasteiger charge is 2.30. The van der Waals surface area contributed by atoms with Crippen LogP contribution >= 0.6 is 0 Å². The minimum Gasteiger partial charge on any atom is -0.496 e. The largest absolute Gasteiger partial charge is 0.496 e. The van der Waals surface area contributed by atoms with Crippen LogP contribution in [0.15, 0.2) is 84.9 Å². The molecule has 0 unspecified atom stereocenters. The molecule has 4 aromatic rings. The number of para-hydroxylation sites is 2. The Bertz CT molecular complexity index is 1990. The fraction of sp³-hybridized carbons (Fsp3) is 0.188. The molecule has 0 heterocycles. The lowest BCUT2D eigenvalue weighted by Gasteiger charge is -2.26. The quantitative estimate of drug-likeness (QED) is 0.169. The SMILES string of the molecule is COc1cc(N(CC(=O)c2cc(Oc3ccccc3)c(NS(C)(=O)=O)cc2OC)S(C)(=O)=O)c(Oc2ccccc2)cc1C(=O)CN. The molecule has 0 aliphatic heterocycles. The molecule has 13 nitrogen and oxygen atoms in total. The summed E-state index contributed by atoms with van der Waals surface area (Å²) in [7, 11) is -5.43. The van der Waals surface area contributed by atoms with Crippen LogP contribution in [0, 0.1) is 0 Å². The maximum Gasteiger partial charge on any atom is 0.232 e. The number of benzene rings is 4. The third kappa shape index (κ3) is 8.78. The summed E-state index contributed by atoms with van der Waals surface area (Å²) in [5.41, 5.74) is 5.41. The van der Waals surface area contributed by atoms with Crippen molar-refractivity contribution in [3.8, 4) is 34.5 Å². The van der Waals surface area contributed by atoms with Crippen LogP contribution in [-0.4, -0.2) is 68.2 Å². The molecular formula is C32H33N3O10S2. The third-order valence-electron chi connectivity index (χ3n) is 6.56. The normalized spacial score (nSPS) is 11.3. The van der Waals surface area contributed by atoms with Crippen LogP contribution in [0.4, 0.5) is 11.4 Å². The highest BCUT2D eigenvalue weighted by atomic mass is 32.2. The monoisotopic (exact) mass is 683 g/mol. The number of hydrogen-bond acceptors (Lipinski definition) is 11. The number of hydrogen-bond donors (Lipinski definition) is 2. The molecule has 15 heteroatoms. The summed E-state index contributed by atoms with van der Waals surface area (Å²) in [4.78, 5) is 26.6. The van der Waals surface area contributed by atoms with Crippen molar-refractivity contribution in [2.45, 2.75) is 0 Å². The maximum atomic E-state index is 14.0. The van der Waals surface area contributed by atoms with Gasteiger partial charge in [-0.05, 0) is 36.4 Å². The molecule has 0 bridgehead atoms. The summed E-state index contributed by atoms with van der Waals surface area (Å²) >= 11 is 0. The molecule has 0 saturated carbocycles. The first-order valence-electron chi connectivity index (χ1n) is 13.9. The number of ether oxygens (including phenoxy) is 4. The second kappa shape index (κ2) is 14.5. The number of rotatable bonds is 15. The molecule has 0 saturated heterocycles. The van der Waals surface area contributed by atoms with Gasteiger partial charge >= 0.3 is 0 Å². The van der Waals surface area contributed by atoms with Crippen LogP contribution in [0.3, 0.4) is 0 Å². The van der Waals surface area contributed by atoms with E-state index in [-0.39, 0.29) is 52.0 Å². The first-order valence-corrected chi connectivity index (χ1v) is 17.6. The summed E-state index contributed by atoms with van der Waals surface area (Å²) in [6, 6.07) is 21.9. The van der Waals surface area contributed by atoms with Gasteiger partial charge in [-0.3, -0.25) is 18.6 Å². The maximum absolute atomic E-state index is 14.0. The van der Waals surface area contributed by atoms with E-state index in [9.17, 15) is 26.4 Å². The van der Waals surface area contributed by atoms with Crippen LogP contribution in [-0.2, 0) is 20.0 Å². The fourth-order valence-corrected chi connectivity index (χ4v) is 5.87. The van der Waals surface area contributed by atoms with Crippen LogP contribution in [0.1, 0.15) is 20.7 Å². The molecule has 0 fully saturated rings. The topological polar surface area (TPSA) is 181 Å². The minimum absolute atomic E-state index is 0.00397. The van der Waals surface area contributed by atoms with Crippen molar-refractivity contribution in [1.82, 2.24) is 0 Å². The van der Waals surface area contributed by atoms with E-state index >= 15 is 0 Å². The van der Waals surface area contributed by atoms with Gasteiger partial charge in [0.2, 0.25) is 20.0 Å². The lowest BCUT2D eigenvalue weighted by molar-refractivity contribution is 0.0990. The molecule has 0 aromatic heterocycles. The van der Waals surface area contributed by atoms with Gasteiger partial charge in [-0.25, -0.2) is 16.8 Å². The summed E-state index contributed by atoms with van der Waals surface area (Å²) in [6.45, 7) is -1.12. The lowest BCUT2D eigenvalue weighted by atomic mass is 10.1. The summed E-state index contributed by atoms with van der Waals surface area (Å²) in [6.07, 6.45) is 1.85. The first-order chi connectivity index (χ1) is 22.2. The van der Waals surface area contributed by atoms with Gasteiger partial charge in [0, 0.05) is 12.1 Å². The average Bonchev–Trinajstić information content (AvgIpc) is 3.03. The number of sulfonamides is 2. The lowest BCUT2D eigenvalue weighted by Crippen LogP contribution is -2.35. The highest BCUT2D eigenvalue weighted by molar-refractivity contribution is 7.92. The molecule has 3 N–H and O–H groups in total. The van der Waals surface area contributed by atoms with Crippen LogP contribution < -0.4 is 33.7 Å².